The molecular weight excluding hydrogens is 188 g/mol. The summed E-state index contributed by atoms with van der Waals surface area (Å²) >= 11 is 1.70. The van der Waals surface area contributed by atoms with Gasteiger partial charge in [0.25, 0.3) is 0 Å². The van der Waals surface area contributed by atoms with Crippen LogP contribution in [0.15, 0.2) is 0 Å². The van der Waals surface area contributed by atoms with E-state index in [9.17, 15) is 4.79 Å². The molecule has 1 N–H and O–H groups in total. The van der Waals surface area contributed by atoms with Crippen LogP contribution in [-0.4, -0.2) is 29.4 Å². The number of carbonyl (C=O) groups is 1. The van der Waals surface area contributed by atoms with Crippen molar-refractivity contribution in [3.8, 4) is 0 Å². The van der Waals surface area contributed by atoms with E-state index in [1.165, 1.54) is 0 Å². The Bertz CT molecular complexity index is 178. The Hall–Kier alpha value is -0.220. The van der Waals surface area contributed by atoms with Crippen LogP contribution in [0.2, 0.25) is 0 Å². The molecule has 76 valence electrons. The molecular formula is C9H16O3S. The quantitative estimate of drug-likeness (QED) is 0.508. The second-order valence-corrected chi connectivity index (χ2v) is 4.46. The molecule has 1 rings (SSSR count). The molecule has 0 aromatic heterocycles. The van der Waals surface area contributed by atoms with E-state index < -0.39 is 5.97 Å². The molecule has 3 nitrogen and oxygen atoms in total. The van der Waals surface area contributed by atoms with E-state index in [1.54, 1.807) is 11.8 Å². The van der Waals surface area contributed by atoms with Crippen molar-refractivity contribution in [3.63, 3.8) is 0 Å². The molecule has 0 aliphatic heterocycles. The molecule has 0 saturated heterocycles. The third kappa shape index (κ3) is 4.00. The number of ether oxygens (including phenoxy) is 1. The Morgan fingerprint density at radius 1 is 1.62 bits per heavy atom. The normalized spacial score (nSPS) is 18.5. The molecule has 0 unspecified atom stereocenters. The molecule has 4 heteroatoms. The van der Waals surface area contributed by atoms with Crippen LogP contribution in [0.5, 0.6) is 0 Å². The van der Waals surface area contributed by atoms with E-state index in [0.29, 0.717) is 12.4 Å². The van der Waals surface area contributed by atoms with Gasteiger partial charge < -0.3 is 9.84 Å². The number of carboxylic acids is 1. The largest absolute Gasteiger partial charge is 0.481 e. The first-order valence-corrected chi connectivity index (χ1v) is 5.71. The molecule has 0 aromatic rings. The van der Waals surface area contributed by atoms with Gasteiger partial charge in [0, 0.05) is 12.4 Å². The summed E-state index contributed by atoms with van der Waals surface area (Å²) in [6.07, 6.45) is 2.46. The molecule has 0 heterocycles. The minimum atomic E-state index is -0.672. The first-order chi connectivity index (χ1) is 6.18. The van der Waals surface area contributed by atoms with E-state index in [-0.39, 0.29) is 5.41 Å². The number of rotatable bonds is 7. The van der Waals surface area contributed by atoms with Gasteiger partial charge in [-0.2, -0.15) is 0 Å². The van der Waals surface area contributed by atoms with Crippen LogP contribution in [0.4, 0.5) is 0 Å². The minimum absolute atomic E-state index is 0.105. The van der Waals surface area contributed by atoms with Gasteiger partial charge in [-0.25, -0.2) is 0 Å². The van der Waals surface area contributed by atoms with Gasteiger partial charge in [-0.3, -0.25) is 4.79 Å². The number of hydrogen-bond acceptors (Lipinski definition) is 3. The molecule has 1 aliphatic carbocycles. The first kappa shape index (κ1) is 10.9. The predicted molar refractivity (Wildman–Crippen MR) is 52.9 cm³/mol. The Morgan fingerprint density at radius 3 is 2.77 bits per heavy atom. The van der Waals surface area contributed by atoms with E-state index >= 15 is 0 Å². The summed E-state index contributed by atoms with van der Waals surface area (Å²) < 4.78 is 5.18. The SMILES string of the molecule is CCOCSCC1(CC(=O)O)CC1. The van der Waals surface area contributed by atoms with E-state index in [2.05, 4.69) is 0 Å². The summed E-state index contributed by atoms with van der Waals surface area (Å²) in [5.41, 5.74) is 0.105. The average molecular weight is 204 g/mol. The highest BCUT2D eigenvalue weighted by atomic mass is 32.2. The lowest BCUT2D eigenvalue weighted by Gasteiger charge is -2.11. The number of thioether (sulfide) groups is 1. The Kier molecular flexibility index (Phi) is 4.06. The van der Waals surface area contributed by atoms with Gasteiger partial charge in [-0.1, -0.05) is 0 Å². The molecule has 1 fully saturated rings. The van der Waals surface area contributed by atoms with Crippen LogP contribution >= 0.6 is 11.8 Å². The van der Waals surface area contributed by atoms with Crippen molar-refractivity contribution in [1.29, 1.82) is 0 Å². The Labute approximate surface area is 82.8 Å². The van der Waals surface area contributed by atoms with Crippen molar-refractivity contribution in [3.05, 3.63) is 0 Å². The van der Waals surface area contributed by atoms with Crippen LogP contribution in [0.25, 0.3) is 0 Å². The fourth-order valence-electron chi connectivity index (χ4n) is 1.27. The Morgan fingerprint density at radius 2 is 2.31 bits per heavy atom. The van der Waals surface area contributed by atoms with Gasteiger partial charge in [0.1, 0.15) is 0 Å². The van der Waals surface area contributed by atoms with Crippen LogP contribution in [0.3, 0.4) is 0 Å². The molecule has 0 spiro atoms. The van der Waals surface area contributed by atoms with Crippen molar-refractivity contribution in [2.45, 2.75) is 26.2 Å². The summed E-state index contributed by atoms with van der Waals surface area (Å²) in [5, 5.41) is 8.65. The minimum Gasteiger partial charge on any atom is -0.481 e. The molecule has 1 aliphatic rings. The van der Waals surface area contributed by atoms with Crippen molar-refractivity contribution in [2.24, 2.45) is 5.41 Å². The third-order valence-corrected chi connectivity index (χ3v) is 3.41. The van der Waals surface area contributed by atoms with E-state index in [4.69, 9.17) is 9.84 Å². The third-order valence-electron chi connectivity index (χ3n) is 2.26. The number of hydrogen-bond donors (Lipinski definition) is 1. The second-order valence-electron chi connectivity index (χ2n) is 3.53. The van der Waals surface area contributed by atoms with E-state index in [0.717, 1.165) is 25.2 Å². The van der Waals surface area contributed by atoms with Gasteiger partial charge >= 0.3 is 5.97 Å². The predicted octanol–water partition coefficient (Wildman–Crippen LogP) is 1.97. The van der Waals surface area contributed by atoms with Crippen LogP contribution in [-0.2, 0) is 9.53 Å². The van der Waals surface area contributed by atoms with Gasteiger partial charge in [-0.15, -0.1) is 11.8 Å². The van der Waals surface area contributed by atoms with Crippen LogP contribution in [0.1, 0.15) is 26.2 Å². The maximum atomic E-state index is 10.5. The highest BCUT2D eigenvalue weighted by Gasteiger charge is 2.43. The topological polar surface area (TPSA) is 46.5 Å². The lowest BCUT2D eigenvalue weighted by atomic mass is 10.1. The van der Waals surface area contributed by atoms with Gasteiger partial charge in [0.2, 0.25) is 0 Å². The fraction of sp³-hybridized carbons (Fsp3) is 0.889. The summed E-state index contributed by atoms with van der Waals surface area (Å²) in [7, 11) is 0. The van der Waals surface area contributed by atoms with Gasteiger partial charge in [0.15, 0.2) is 0 Å². The summed E-state index contributed by atoms with van der Waals surface area (Å²) in [5.74, 6) is 0.950. The van der Waals surface area contributed by atoms with Gasteiger partial charge in [0.05, 0.1) is 12.4 Å². The monoisotopic (exact) mass is 204 g/mol. The highest BCUT2D eigenvalue weighted by Crippen LogP contribution is 2.50. The summed E-state index contributed by atoms with van der Waals surface area (Å²) in [6, 6.07) is 0. The fourth-order valence-corrected chi connectivity index (χ4v) is 2.46. The maximum absolute atomic E-state index is 10.5. The molecule has 0 amide bonds. The lowest BCUT2D eigenvalue weighted by Crippen LogP contribution is -2.11. The van der Waals surface area contributed by atoms with E-state index in [1.807, 2.05) is 6.92 Å². The summed E-state index contributed by atoms with van der Waals surface area (Å²) in [4.78, 5) is 10.5. The zero-order valence-electron chi connectivity index (χ0n) is 7.91. The second kappa shape index (κ2) is 4.86. The molecule has 0 bridgehead atoms. The summed E-state index contributed by atoms with van der Waals surface area (Å²) in [6.45, 7) is 2.70. The first-order valence-electron chi connectivity index (χ1n) is 4.56. The lowest BCUT2D eigenvalue weighted by molar-refractivity contribution is -0.138. The number of carboxylic acid groups (broad SMARTS) is 1. The van der Waals surface area contributed by atoms with Crippen LogP contribution in [0, 0.1) is 5.41 Å². The van der Waals surface area contributed by atoms with Crippen molar-refractivity contribution in [2.75, 3.05) is 18.3 Å². The molecule has 0 atom stereocenters. The zero-order chi connectivity index (χ0) is 9.73. The molecule has 1 saturated carbocycles. The zero-order valence-corrected chi connectivity index (χ0v) is 8.73. The smallest absolute Gasteiger partial charge is 0.303 e. The highest BCUT2D eigenvalue weighted by molar-refractivity contribution is 7.99. The number of aliphatic carboxylic acids is 1. The molecule has 0 radical (unpaired) electrons. The standard InChI is InChI=1S/C9H16O3S/c1-2-12-7-13-6-9(3-4-9)5-8(10)11/h2-7H2,1H3,(H,10,11). The van der Waals surface area contributed by atoms with Crippen LogP contribution < -0.4 is 0 Å². The van der Waals surface area contributed by atoms with Crippen molar-refractivity contribution < 1.29 is 14.6 Å². The van der Waals surface area contributed by atoms with Crippen molar-refractivity contribution in [1.82, 2.24) is 0 Å². The van der Waals surface area contributed by atoms with Gasteiger partial charge in [-0.05, 0) is 25.2 Å². The maximum Gasteiger partial charge on any atom is 0.303 e. The average Bonchev–Trinajstić information content (AvgIpc) is 2.78. The van der Waals surface area contributed by atoms with Crippen molar-refractivity contribution >= 4 is 17.7 Å². The molecule has 0 aromatic carbocycles. The molecule has 13 heavy (non-hydrogen) atoms. The Balaban J connectivity index is 2.09.